The monoisotopic (exact) mass is 296 g/mol. The number of halogens is 1. The number of nitrogens with zero attached hydrogens (tertiary/aromatic N) is 2. The van der Waals surface area contributed by atoms with Crippen molar-refractivity contribution in [2.24, 2.45) is 5.92 Å². The second kappa shape index (κ2) is 6.61. The van der Waals surface area contributed by atoms with Crippen LogP contribution < -0.4 is 9.47 Å². The molecular formula is C14H17ClN2O3. The van der Waals surface area contributed by atoms with Gasteiger partial charge < -0.3 is 14.0 Å². The van der Waals surface area contributed by atoms with Gasteiger partial charge >= 0.3 is 0 Å². The van der Waals surface area contributed by atoms with Gasteiger partial charge in [-0.2, -0.15) is 4.98 Å². The number of hydrogen-bond acceptors (Lipinski definition) is 5. The Bertz CT molecular complexity index is 569. The van der Waals surface area contributed by atoms with Gasteiger partial charge in [0.15, 0.2) is 11.5 Å². The van der Waals surface area contributed by atoms with Crippen molar-refractivity contribution in [2.45, 2.75) is 19.7 Å². The number of alkyl halides is 1. The molecule has 0 spiro atoms. The highest BCUT2D eigenvalue weighted by Crippen LogP contribution is 2.37. The highest BCUT2D eigenvalue weighted by Gasteiger charge is 2.17. The average Bonchev–Trinajstić information content (AvgIpc) is 2.93. The molecule has 1 aromatic heterocycles. The normalized spacial score (nSPS) is 10.8. The molecule has 0 bridgehead atoms. The fourth-order valence-corrected chi connectivity index (χ4v) is 1.78. The molecule has 0 aliphatic carbocycles. The molecule has 20 heavy (non-hydrogen) atoms. The molecule has 0 radical (unpaired) electrons. The van der Waals surface area contributed by atoms with Crippen molar-refractivity contribution in [1.29, 1.82) is 0 Å². The first-order valence-electron chi connectivity index (χ1n) is 6.34. The van der Waals surface area contributed by atoms with E-state index in [2.05, 4.69) is 24.0 Å². The highest BCUT2D eigenvalue weighted by atomic mass is 35.5. The number of ether oxygens (including phenoxy) is 2. The first kappa shape index (κ1) is 14.7. The van der Waals surface area contributed by atoms with E-state index in [1.54, 1.807) is 7.11 Å². The Balaban J connectivity index is 2.40. The summed E-state index contributed by atoms with van der Waals surface area (Å²) in [4.78, 5) is 4.22. The molecule has 0 aliphatic rings. The van der Waals surface area contributed by atoms with Crippen LogP contribution in [0.25, 0.3) is 11.4 Å². The van der Waals surface area contributed by atoms with Gasteiger partial charge in [0.2, 0.25) is 11.7 Å². The van der Waals surface area contributed by atoms with E-state index in [0.29, 0.717) is 35.7 Å². The van der Waals surface area contributed by atoms with Crippen LogP contribution in [0.15, 0.2) is 22.7 Å². The lowest BCUT2D eigenvalue weighted by molar-refractivity contribution is 0.258. The van der Waals surface area contributed by atoms with Gasteiger partial charge in [0.25, 0.3) is 0 Å². The summed E-state index contributed by atoms with van der Waals surface area (Å²) >= 11 is 5.68. The van der Waals surface area contributed by atoms with Crippen LogP contribution in [0.1, 0.15) is 19.7 Å². The van der Waals surface area contributed by atoms with Crippen LogP contribution in [0, 0.1) is 5.92 Å². The lowest BCUT2D eigenvalue weighted by Gasteiger charge is -2.14. The molecule has 0 N–H and O–H groups in total. The molecule has 1 aromatic carbocycles. The Labute approximate surface area is 122 Å². The Kier molecular flexibility index (Phi) is 4.84. The standard InChI is InChI=1S/C14H17ClN2O3/c1-9(2)8-19-13-10(5-4-6-11(13)18-3)14-16-12(7-15)20-17-14/h4-6,9H,7-8H2,1-3H3. The molecule has 0 saturated heterocycles. The SMILES string of the molecule is COc1cccc(-c2noc(CCl)n2)c1OCC(C)C. The summed E-state index contributed by atoms with van der Waals surface area (Å²) < 4.78 is 16.2. The first-order valence-corrected chi connectivity index (χ1v) is 6.87. The molecular weight excluding hydrogens is 280 g/mol. The van der Waals surface area contributed by atoms with Crippen LogP contribution in [0.4, 0.5) is 0 Å². The molecule has 2 aromatic rings. The van der Waals surface area contributed by atoms with Crippen molar-refractivity contribution in [3.63, 3.8) is 0 Å². The number of para-hydroxylation sites is 1. The van der Waals surface area contributed by atoms with Crippen LogP contribution in [0.3, 0.4) is 0 Å². The topological polar surface area (TPSA) is 57.4 Å². The van der Waals surface area contributed by atoms with E-state index >= 15 is 0 Å². The molecule has 108 valence electrons. The van der Waals surface area contributed by atoms with E-state index in [1.165, 1.54) is 0 Å². The molecule has 0 aliphatic heterocycles. The fourth-order valence-electron chi connectivity index (χ4n) is 1.67. The quantitative estimate of drug-likeness (QED) is 0.763. The maximum Gasteiger partial charge on any atom is 0.241 e. The van der Waals surface area contributed by atoms with E-state index in [9.17, 15) is 0 Å². The van der Waals surface area contributed by atoms with E-state index in [-0.39, 0.29) is 5.88 Å². The largest absolute Gasteiger partial charge is 0.493 e. The summed E-state index contributed by atoms with van der Waals surface area (Å²) in [6.45, 7) is 4.73. The summed E-state index contributed by atoms with van der Waals surface area (Å²) in [5.41, 5.74) is 0.727. The lowest BCUT2D eigenvalue weighted by atomic mass is 10.1. The predicted octanol–water partition coefficient (Wildman–Crippen LogP) is 3.52. The van der Waals surface area contributed by atoms with E-state index in [0.717, 1.165) is 5.56 Å². The van der Waals surface area contributed by atoms with E-state index in [1.807, 2.05) is 18.2 Å². The van der Waals surface area contributed by atoms with Gasteiger partial charge in [0, 0.05) is 0 Å². The number of methoxy groups -OCH3 is 1. The van der Waals surface area contributed by atoms with Gasteiger partial charge in [0.05, 0.1) is 19.3 Å². The van der Waals surface area contributed by atoms with E-state index < -0.39 is 0 Å². The Morgan fingerprint density at radius 3 is 2.75 bits per heavy atom. The third-order valence-electron chi connectivity index (χ3n) is 2.58. The van der Waals surface area contributed by atoms with Gasteiger partial charge in [-0.05, 0) is 18.1 Å². The minimum atomic E-state index is 0.180. The molecule has 5 nitrogen and oxygen atoms in total. The van der Waals surface area contributed by atoms with Crippen LogP contribution in [-0.4, -0.2) is 23.9 Å². The van der Waals surface area contributed by atoms with Crippen molar-refractivity contribution in [1.82, 2.24) is 10.1 Å². The minimum Gasteiger partial charge on any atom is -0.493 e. The zero-order chi connectivity index (χ0) is 14.5. The van der Waals surface area contributed by atoms with Crippen molar-refractivity contribution >= 4 is 11.6 Å². The highest BCUT2D eigenvalue weighted by molar-refractivity contribution is 6.16. The lowest BCUT2D eigenvalue weighted by Crippen LogP contribution is -2.06. The molecule has 0 atom stereocenters. The molecule has 6 heteroatoms. The van der Waals surface area contributed by atoms with E-state index in [4.69, 9.17) is 25.6 Å². The third kappa shape index (κ3) is 3.22. The second-order valence-corrected chi connectivity index (χ2v) is 4.95. The van der Waals surface area contributed by atoms with Gasteiger partial charge in [-0.15, -0.1) is 11.6 Å². The molecule has 0 saturated carbocycles. The molecule has 1 heterocycles. The molecule has 0 amide bonds. The molecule has 0 fully saturated rings. The van der Waals surface area contributed by atoms with Crippen LogP contribution in [0.5, 0.6) is 11.5 Å². The Morgan fingerprint density at radius 1 is 1.35 bits per heavy atom. The number of hydrogen-bond donors (Lipinski definition) is 0. The minimum absolute atomic E-state index is 0.180. The van der Waals surface area contributed by atoms with Crippen molar-refractivity contribution in [3.8, 4) is 22.9 Å². The fraction of sp³-hybridized carbons (Fsp3) is 0.429. The third-order valence-corrected chi connectivity index (χ3v) is 2.81. The smallest absolute Gasteiger partial charge is 0.241 e. The first-order chi connectivity index (χ1) is 9.65. The number of aromatic nitrogens is 2. The molecule has 0 unspecified atom stereocenters. The maximum absolute atomic E-state index is 5.84. The summed E-state index contributed by atoms with van der Waals surface area (Å²) in [5, 5.41) is 3.91. The average molecular weight is 297 g/mol. The zero-order valence-corrected chi connectivity index (χ0v) is 12.5. The summed E-state index contributed by atoms with van der Waals surface area (Å²) in [7, 11) is 1.60. The van der Waals surface area contributed by atoms with Crippen molar-refractivity contribution < 1.29 is 14.0 Å². The zero-order valence-electron chi connectivity index (χ0n) is 11.7. The summed E-state index contributed by atoms with van der Waals surface area (Å²) in [6.07, 6.45) is 0. The Morgan fingerprint density at radius 2 is 2.15 bits per heavy atom. The Hall–Kier alpha value is -1.75. The van der Waals surface area contributed by atoms with Crippen LogP contribution in [0.2, 0.25) is 0 Å². The summed E-state index contributed by atoms with van der Waals surface area (Å²) in [5.74, 6) is 2.65. The van der Waals surface area contributed by atoms with Gasteiger partial charge in [-0.25, -0.2) is 0 Å². The molecule has 2 rings (SSSR count). The van der Waals surface area contributed by atoms with Crippen molar-refractivity contribution in [3.05, 3.63) is 24.1 Å². The number of benzene rings is 1. The summed E-state index contributed by atoms with van der Waals surface area (Å²) in [6, 6.07) is 5.55. The maximum atomic E-state index is 5.84. The second-order valence-electron chi connectivity index (χ2n) is 4.69. The van der Waals surface area contributed by atoms with Crippen LogP contribution in [-0.2, 0) is 5.88 Å². The van der Waals surface area contributed by atoms with Crippen LogP contribution >= 0.6 is 11.6 Å². The van der Waals surface area contributed by atoms with Gasteiger partial charge in [-0.1, -0.05) is 25.1 Å². The van der Waals surface area contributed by atoms with Gasteiger partial charge in [0.1, 0.15) is 5.88 Å². The predicted molar refractivity (Wildman–Crippen MR) is 76.2 cm³/mol. The number of rotatable bonds is 6. The van der Waals surface area contributed by atoms with Crippen molar-refractivity contribution in [2.75, 3.05) is 13.7 Å². The van der Waals surface area contributed by atoms with Gasteiger partial charge in [-0.3, -0.25) is 0 Å².